The van der Waals surface area contributed by atoms with E-state index in [1.54, 1.807) is 12.1 Å². The summed E-state index contributed by atoms with van der Waals surface area (Å²) in [5.41, 5.74) is 4.53. The van der Waals surface area contributed by atoms with Crippen LogP contribution in [0.15, 0.2) is 54.6 Å². The first-order valence-electron chi connectivity index (χ1n) is 10.8. The van der Waals surface area contributed by atoms with Gasteiger partial charge in [0.1, 0.15) is 11.5 Å². The van der Waals surface area contributed by atoms with Crippen LogP contribution in [0.4, 0.5) is 0 Å². The number of benzene rings is 2. The lowest BCUT2D eigenvalue weighted by Gasteiger charge is -2.12. The highest BCUT2D eigenvalue weighted by molar-refractivity contribution is 5.97. The van der Waals surface area contributed by atoms with Crippen molar-refractivity contribution in [2.24, 2.45) is 0 Å². The second-order valence-electron chi connectivity index (χ2n) is 7.84. The molecule has 1 aliphatic rings. The number of carboxylic acid groups (broad SMARTS) is 1. The summed E-state index contributed by atoms with van der Waals surface area (Å²) in [6.45, 7) is 2.63. The molecule has 31 heavy (non-hydrogen) atoms. The van der Waals surface area contributed by atoms with Crippen molar-refractivity contribution < 1.29 is 14.7 Å². The number of ketones is 1. The number of nitrogens with zero attached hydrogens (tertiary/aromatic N) is 2. The Morgan fingerprint density at radius 2 is 1.84 bits per heavy atom. The van der Waals surface area contributed by atoms with Crippen LogP contribution in [-0.4, -0.2) is 26.4 Å². The van der Waals surface area contributed by atoms with Gasteiger partial charge in [-0.25, -0.2) is 9.78 Å². The minimum absolute atomic E-state index is 0.170. The highest BCUT2D eigenvalue weighted by Crippen LogP contribution is 2.26. The lowest BCUT2D eigenvalue weighted by Crippen LogP contribution is -2.12. The van der Waals surface area contributed by atoms with Crippen molar-refractivity contribution in [2.75, 3.05) is 0 Å². The Balaban J connectivity index is 1.69. The topological polar surface area (TPSA) is 72.2 Å². The Labute approximate surface area is 182 Å². The first-order valence-corrected chi connectivity index (χ1v) is 10.8. The molecule has 0 radical (unpaired) electrons. The fourth-order valence-electron chi connectivity index (χ4n) is 4.11. The first kappa shape index (κ1) is 20.8. The van der Waals surface area contributed by atoms with E-state index in [4.69, 9.17) is 4.98 Å². The molecule has 0 aliphatic heterocycles. The third kappa shape index (κ3) is 4.36. The van der Waals surface area contributed by atoms with Crippen LogP contribution in [0.2, 0.25) is 0 Å². The van der Waals surface area contributed by atoms with Crippen LogP contribution in [0.5, 0.6) is 0 Å². The highest BCUT2D eigenvalue weighted by atomic mass is 16.4. The summed E-state index contributed by atoms with van der Waals surface area (Å²) in [6.07, 6.45) is 8.28. The lowest BCUT2D eigenvalue weighted by atomic mass is 9.98. The molecule has 2 aromatic carbocycles. The Hall–Kier alpha value is -3.47. The second kappa shape index (κ2) is 9.13. The molecule has 0 saturated carbocycles. The van der Waals surface area contributed by atoms with E-state index in [9.17, 15) is 14.7 Å². The van der Waals surface area contributed by atoms with Crippen molar-refractivity contribution in [1.82, 2.24) is 9.55 Å². The van der Waals surface area contributed by atoms with Crippen molar-refractivity contribution in [3.05, 3.63) is 82.9 Å². The van der Waals surface area contributed by atoms with E-state index in [1.807, 2.05) is 47.0 Å². The van der Waals surface area contributed by atoms with E-state index in [1.165, 1.54) is 0 Å². The average molecular weight is 415 g/mol. The van der Waals surface area contributed by atoms with Crippen LogP contribution in [0.25, 0.3) is 17.2 Å². The molecule has 0 spiro atoms. The molecule has 4 rings (SSSR count). The SMILES string of the molecule is CC/C=C/c1nc2c(n1Cc1ccc(-c3ccccc3C(=O)O)cc1)C(=O)CCCC2. The van der Waals surface area contributed by atoms with Gasteiger partial charge in [0.2, 0.25) is 0 Å². The molecule has 0 atom stereocenters. The summed E-state index contributed by atoms with van der Waals surface area (Å²) in [7, 11) is 0. The van der Waals surface area contributed by atoms with Gasteiger partial charge in [0.15, 0.2) is 5.78 Å². The van der Waals surface area contributed by atoms with Crippen LogP contribution in [0.3, 0.4) is 0 Å². The summed E-state index contributed by atoms with van der Waals surface area (Å²) in [5, 5.41) is 9.47. The number of carbonyl (C=O) groups is 2. The van der Waals surface area contributed by atoms with Gasteiger partial charge in [-0.15, -0.1) is 0 Å². The molecule has 1 aliphatic carbocycles. The summed E-state index contributed by atoms with van der Waals surface area (Å²) in [6, 6.07) is 14.9. The number of rotatable bonds is 6. The summed E-state index contributed by atoms with van der Waals surface area (Å²) >= 11 is 0. The molecule has 5 nitrogen and oxygen atoms in total. The number of hydrogen-bond donors (Lipinski definition) is 1. The molecular weight excluding hydrogens is 388 g/mol. The molecule has 0 saturated heterocycles. The van der Waals surface area contributed by atoms with Gasteiger partial charge in [0, 0.05) is 13.0 Å². The number of aromatic carboxylic acids is 1. The largest absolute Gasteiger partial charge is 0.478 e. The number of imidazole rings is 1. The van der Waals surface area contributed by atoms with Crippen LogP contribution >= 0.6 is 0 Å². The summed E-state index contributed by atoms with van der Waals surface area (Å²) < 4.78 is 2.04. The van der Waals surface area contributed by atoms with Crippen molar-refractivity contribution in [1.29, 1.82) is 0 Å². The zero-order valence-electron chi connectivity index (χ0n) is 17.7. The van der Waals surface area contributed by atoms with E-state index in [0.29, 0.717) is 18.5 Å². The lowest BCUT2D eigenvalue weighted by molar-refractivity contribution is 0.0697. The fourth-order valence-corrected chi connectivity index (χ4v) is 4.11. The van der Waals surface area contributed by atoms with Crippen molar-refractivity contribution >= 4 is 17.8 Å². The Kier molecular flexibility index (Phi) is 6.12. The quantitative estimate of drug-likeness (QED) is 0.531. The zero-order chi connectivity index (χ0) is 21.8. The third-order valence-electron chi connectivity index (χ3n) is 5.67. The number of aromatic nitrogens is 2. The van der Waals surface area contributed by atoms with Gasteiger partial charge in [-0.2, -0.15) is 0 Å². The molecule has 1 aromatic heterocycles. The molecule has 0 fully saturated rings. The Morgan fingerprint density at radius 1 is 1.10 bits per heavy atom. The van der Waals surface area contributed by atoms with E-state index < -0.39 is 5.97 Å². The van der Waals surface area contributed by atoms with Gasteiger partial charge >= 0.3 is 5.97 Å². The average Bonchev–Trinajstić information content (AvgIpc) is 3.01. The number of carbonyl (C=O) groups excluding carboxylic acids is 1. The molecule has 0 bridgehead atoms. The van der Waals surface area contributed by atoms with Gasteiger partial charge in [-0.05, 0) is 54.5 Å². The predicted octanol–water partition coefficient (Wildman–Crippen LogP) is 5.63. The normalized spacial score (nSPS) is 13.9. The Bertz CT molecular complexity index is 1140. The maximum absolute atomic E-state index is 12.8. The fraction of sp³-hybridized carbons (Fsp3) is 0.269. The number of allylic oxidation sites excluding steroid dienone is 1. The minimum Gasteiger partial charge on any atom is -0.478 e. The predicted molar refractivity (Wildman–Crippen MR) is 121 cm³/mol. The van der Waals surface area contributed by atoms with Crippen LogP contribution in [-0.2, 0) is 13.0 Å². The number of Topliss-reactive ketones (excluding diaryl/α,β-unsaturated/α-hetero) is 1. The van der Waals surface area contributed by atoms with Gasteiger partial charge in [-0.1, -0.05) is 55.5 Å². The summed E-state index contributed by atoms with van der Waals surface area (Å²) in [5.74, 6) is 0.0530. The highest BCUT2D eigenvalue weighted by Gasteiger charge is 2.24. The molecule has 5 heteroatoms. The van der Waals surface area contributed by atoms with Crippen molar-refractivity contribution in [3.8, 4) is 11.1 Å². The van der Waals surface area contributed by atoms with Gasteiger partial charge in [-0.3, -0.25) is 4.79 Å². The van der Waals surface area contributed by atoms with E-state index in [-0.39, 0.29) is 11.3 Å². The standard InChI is InChI=1S/C26H26N2O3/c1-2-3-12-24-27-22-10-6-7-11-23(29)25(22)28(24)17-18-13-15-19(16-14-18)20-8-4-5-9-21(20)26(30)31/h3-5,8-9,12-16H,2,6-7,10-11,17H2,1H3,(H,30,31)/b12-3+. The van der Waals surface area contributed by atoms with Crippen LogP contribution in [0.1, 0.15) is 70.5 Å². The maximum Gasteiger partial charge on any atom is 0.336 e. The monoisotopic (exact) mass is 414 g/mol. The summed E-state index contributed by atoms with van der Waals surface area (Å²) in [4.78, 5) is 29.1. The maximum atomic E-state index is 12.8. The Morgan fingerprint density at radius 3 is 2.58 bits per heavy atom. The van der Waals surface area contributed by atoms with E-state index in [2.05, 4.69) is 13.0 Å². The molecule has 1 N–H and O–H groups in total. The third-order valence-corrected chi connectivity index (χ3v) is 5.67. The molecule has 0 unspecified atom stereocenters. The molecule has 3 aromatic rings. The number of hydrogen-bond acceptors (Lipinski definition) is 3. The van der Waals surface area contributed by atoms with Crippen molar-refractivity contribution in [2.45, 2.75) is 45.6 Å². The minimum atomic E-state index is -0.938. The first-order chi connectivity index (χ1) is 15.1. The number of carboxylic acids is 1. The van der Waals surface area contributed by atoms with Gasteiger partial charge in [0.05, 0.1) is 11.3 Å². The van der Waals surface area contributed by atoms with E-state index >= 15 is 0 Å². The van der Waals surface area contributed by atoms with Crippen LogP contribution in [0, 0.1) is 0 Å². The van der Waals surface area contributed by atoms with Crippen LogP contribution < -0.4 is 0 Å². The van der Waals surface area contributed by atoms with Gasteiger partial charge in [0.25, 0.3) is 0 Å². The molecule has 158 valence electrons. The molecule has 0 amide bonds. The van der Waals surface area contributed by atoms with Gasteiger partial charge < -0.3 is 9.67 Å². The smallest absolute Gasteiger partial charge is 0.336 e. The number of fused-ring (bicyclic) bond motifs is 1. The number of aryl methyl sites for hydroxylation is 1. The van der Waals surface area contributed by atoms with E-state index in [0.717, 1.165) is 54.0 Å². The zero-order valence-corrected chi connectivity index (χ0v) is 17.7. The molecule has 1 heterocycles. The second-order valence-corrected chi connectivity index (χ2v) is 7.84. The molecular formula is C26H26N2O3. The van der Waals surface area contributed by atoms with Crippen molar-refractivity contribution in [3.63, 3.8) is 0 Å².